The number of ether oxygens (including phenoxy) is 1. The summed E-state index contributed by atoms with van der Waals surface area (Å²) in [6, 6.07) is 0.0116. The van der Waals surface area contributed by atoms with Crippen LogP contribution in [0.2, 0.25) is 0 Å². The number of nitrogens with zero attached hydrogens (tertiary/aromatic N) is 1. The number of amides is 1. The molecule has 1 amide bonds. The fourth-order valence-electron chi connectivity index (χ4n) is 2.25. The summed E-state index contributed by atoms with van der Waals surface area (Å²) in [5, 5.41) is 0. The van der Waals surface area contributed by atoms with Crippen molar-refractivity contribution in [1.29, 1.82) is 0 Å². The highest BCUT2D eigenvalue weighted by atomic mass is 16.6. The van der Waals surface area contributed by atoms with E-state index in [9.17, 15) is 9.59 Å². The largest absolute Gasteiger partial charge is 0.444 e. The van der Waals surface area contributed by atoms with Crippen molar-refractivity contribution in [3.8, 4) is 0 Å². The van der Waals surface area contributed by atoms with E-state index in [4.69, 9.17) is 4.74 Å². The van der Waals surface area contributed by atoms with Gasteiger partial charge >= 0.3 is 6.09 Å². The second-order valence-corrected chi connectivity index (χ2v) is 6.42. The highest BCUT2D eigenvalue weighted by molar-refractivity contribution is 5.93. The van der Waals surface area contributed by atoms with Crippen molar-refractivity contribution in [3.63, 3.8) is 0 Å². The Kier molecular flexibility index (Phi) is 3.97. The van der Waals surface area contributed by atoms with E-state index in [1.165, 1.54) is 0 Å². The van der Waals surface area contributed by atoms with Crippen LogP contribution in [0, 0.1) is 5.92 Å². The highest BCUT2D eigenvalue weighted by Crippen LogP contribution is 2.30. The Morgan fingerprint density at radius 1 is 1.21 bits per heavy atom. The van der Waals surface area contributed by atoms with Gasteiger partial charge in [0, 0.05) is 12.5 Å². The second kappa shape index (κ2) is 5.35. The van der Waals surface area contributed by atoms with Gasteiger partial charge in [0.25, 0.3) is 0 Å². The Morgan fingerprint density at radius 2 is 1.89 bits per heavy atom. The van der Waals surface area contributed by atoms with Gasteiger partial charge in [0.05, 0.1) is 6.04 Å². The van der Waals surface area contributed by atoms with E-state index in [0.717, 1.165) is 25.7 Å². The van der Waals surface area contributed by atoms with Crippen LogP contribution in [-0.2, 0) is 9.53 Å². The van der Waals surface area contributed by atoms with Crippen LogP contribution < -0.4 is 0 Å². The third-order valence-electron chi connectivity index (χ3n) is 3.39. The Morgan fingerprint density at radius 3 is 2.47 bits per heavy atom. The Bertz CT molecular complexity index is 391. The number of hydrogen-bond donors (Lipinski definition) is 0. The average molecular weight is 265 g/mol. The quantitative estimate of drug-likeness (QED) is 0.737. The number of hydrogen-bond acceptors (Lipinski definition) is 3. The van der Waals surface area contributed by atoms with Crippen LogP contribution in [0.5, 0.6) is 0 Å². The molecule has 0 bridgehead atoms. The molecule has 19 heavy (non-hydrogen) atoms. The third-order valence-corrected chi connectivity index (χ3v) is 3.39. The highest BCUT2D eigenvalue weighted by Gasteiger charge is 2.32. The average Bonchev–Trinajstić information content (AvgIpc) is 3.02. The van der Waals surface area contributed by atoms with Gasteiger partial charge in [-0.05, 0) is 52.5 Å². The molecule has 0 aromatic rings. The number of likely N-dealkylation sites (tertiary alicyclic amines) is 1. The van der Waals surface area contributed by atoms with Gasteiger partial charge in [-0.3, -0.25) is 4.79 Å². The summed E-state index contributed by atoms with van der Waals surface area (Å²) in [7, 11) is 0. The number of carbonyl (C=O) groups is 2. The Labute approximate surface area is 114 Å². The summed E-state index contributed by atoms with van der Waals surface area (Å²) in [5.41, 5.74) is -0.474. The first-order chi connectivity index (χ1) is 8.87. The van der Waals surface area contributed by atoms with Crippen LogP contribution in [0.15, 0.2) is 12.2 Å². The van der Waals surface area contributed by atoms with Crippen LogP contribution in [0.25, 0.3) is 0 Å². The minimum atomic E-state index is -0.474. The predicted molar refractivity (Wildman–Crippen MR) is 72.8 cm³/mol. The van der Waals surface area contributed by atoms with Crippen molar-refractivity contribution in [2.24, 2.45) is 5.92 Å². The molecule has 0 radical (unpaired) electrons. The van der Waals surface area contributed by atoms with Crippen molar-refractivity contribution < 1.29 is 14.3 Å². The van der Waals surface area contributed by atoms with Gasteiger partial charge in [-0.1, -0.05) is 6.08 Å². The molecule has 0 aromatic carbocycles. The number of ketones is 1. The summed E-state index contributed by atoms with van der Waals surface area (Å²) < 4.78 is 5.39. The van der Waals surface area contributed by atoms with Crippen molar-refractivity contribution in [1.82, 2.24) is 4.90 Å². The molecule has 0 aromatic heterocycles. The lowest BCUT2D eigenvalue weighted by Crippen LogP contribution is -2.39. The molecule has 0 spiro atoms. The molecule has 1 saturated carbocycles. The van der Waals surface area contributed by atoms with Crippen LogP contribution in [0.4, 0.5) is 4.79 Å². The lowest BCUT2D eigenvalue weighted by molar-refractivity contribution is -0.115. The molecule has 4 nitrogen and oxygen atoms in total. The minimum absolute atomic E-state index is 0.0116. The molecule has 1 atom stereocenters. The fourth-order valence-corrected chi connectivity index (χ4v) is 2.25. The normalized spacial score (nSPS) is 23.9. The molecule has 2 fully saturated rings. The molecule has 1 aliphatic heterocycles. The molecule has 1 saturated heterocycles. The van der Waals surface area contributed by atoms with Gasteiger partial charge in [-0.15, -0.1) is 0 Å². The molecule has 0 unspecified atom stereocenters. The van der Waals surface area contributed by atoms with E-state index >= 15 is 0 Å². The first kappa shape index (κ1) is 14.1. The van der Waals surface area contributed by atoms with E-state index in [0.29, 0.717) is 6.54 Å². The predicted octanol–water partition coefficient (Wildman–Crippen LogP) is 2.92. The van der Waals surface area contributed by atoms with Gasteiger partial charge < -0.3 is 9.64 Å². The summed E-state index contributed by atoms with van der Waals surface area (Å²) in [4.78, 5) is 25.4. The van der Waals surface area contributed by atoms with Crippen molar-refractivity contribution in [2.75, 3.05) is 6.54 Å². The Hall–Kier alpha value is -1.32. The van der Waals surface area contributed by atoms with E-state index < -0.39 is 5.60 Å². The number of carbonyl (C=O) groups excluding carboxylic acids is 2. The molecule has 1 heterocycles. The third kappa shape index (κ3) is 4.08. The van der Waals surface area contributed by atoms with E-state index in [1.54, 1.807) is 11.0 Å². The maximum atomic E-state index is 12.0. The maximum absolute atomic E-state index is 12.0. The molecule has 106 valence electrons. The van der Waals surface area contributed by atoms with Gasteiger partial charge in [-0.2, -0.15) is 0 Å². The zero-order chi connectivity index (χ0) is 14.0. The lowest BCUT2D eigenvalue weighted by atomic mass is 10.1. The zero-order valence-electron chi connectivity index (χ0n) is 12.0. The van der Waals surface area contributed by atoms with E-state index in [1.807, 2.05) is 26.8 Å². The van der Waals surface area contributed by atoms with Gasteiger partial charge in [0.2, 0.25) is 0 Å². The smallest absolute Gasteiger partial charge is 0.410 e. The van der Waals surface area contributed by atoms with E-state index in [2.05, 4.69) is 0 Å². The van der Waals surface area contributed by atoms with Crippen molar-refractivity contribution >= 4 is 11.9 Å². The first-order valence-corrected chi connectivity index (χ1v) is 7.08. The molecule has 1 aliphatic carbocycles. The summed E-state index contributed by atoms with van der Waals surface area (Å²) >= 11 is 0. The topological polar surface area (TPSA) is 46.6 Å². The SMILES string of the molecule is CC(C)(C)OC(=O)N1CCC[C@@H]1/C=C/C(=O)C1CC1. The van der Waals surface area contributed by atoms with Gasteiger partial charge in [-0.25, -0.2) is 4.79 Å². The first-order valence-electron chi connectivity index (χ1n) is 7.08. The van der Waals surface area contributed by atoms with Crippen LogP contribution >= 0.6 is 0 Å². The van der Waals surface area contributed by atoms with Gasteiger partial charge in [0.15, 0.2) is 5.78 Å². The molecule has 2 aliphatic rings. The molecule has 4 heteroatoms. The summed E-state index contributed by atoms with van der Waals surface area (Å²) in [6.45, 7) is 6.30. The number of rotatable bonds is 3. The molecular weight excluding hydrogens is 242 g/mol. The molecule has 2 rings (SSSR count). The summed E-state index contributed by atoms with van der Waals surface area (Å²) in [5.74, 6) is 0.448. The van der Waals surface area contributed by atoms with Crippen LogP contribution in [0.1, 0.15) is 46.5 Å². The van der Waals surface area contributed by atoms with Crippen LogP contribution in [-0.4, -0.2) is 35.0 Å². The Balaban J connectivity index is 1.92. The fraction of sp³-hybridized carbons (Fsp3) is 0.733. The van der Waals surface area contributed by atoms with Crippen molar-refractivity contribution in [2.45, 2.75) is 58.1 Å². The van der Waals surface area contributed by atoms with Gasteiger partial charge in [0.1, 0.15) is 5.60 Å². The monoisotopic (exact) mass is 265 g/mol. The van der Waals surface area contributed by atoms with E-state index in [-0.39, 0.29) is 23.8 Å². The standard InChI is InChI=1S/C15H23NO3/c1-15(2,3)19-14(18)16-10-4-5-12(16)8-9-13(17)11-6-7-11/h8-9,11-12H,4-7,10H2,1-3H3/b9-8+/t12-/m1/s1. The number of allylic oxidation sites excluding steroid dienone is 1. The zero-order valence-corrected chi connectivity index (χ0v) is 12.0. The van der Waals surface area contributed by atoms with Crippen LogP contribution in [0.3, 0.4) is 0 Å². The second-order valence-electron chi connectivity index (χ2n) is 6.42. The summed E-state index contributed by atoms with van der Waals surface area (Å²) in [6.07, 6.45) is 7.16. The minimum Gasteiger partial charge on any atom is -0.444 e. The van der Waals surface area contributed by atoms with Crippen molar-refractivity contribution in [3.05, 3.63) is 12.2 Å². The maximum Gasteiger partial charge on any atom is 0.410 e. The molecule has 0 N–H and O–H groups in total. The molecular formula is C15H23NO3. The lowest BCUT2D eigenvalue weighted by Gasteiger charge is -2.27.